The van der Waals surface area contributed by atoms with E-state index >= 15 is 0 Å². The van der Waals surface area contributed by atoms with Gasteiger partial charge in [0.1, 0.15) is 0 Å². The van der Waals surface area contributed by atoms with Gasteiger partial charge in [0.05, 0.1) is 6.42 Å². The van der Waals surface area contributed by atoms with Crippen LogP contribution in [0.5, 0.6) is 0 Å². The van der Waals surface area contributed by atoms with Gasteiger partial charge >= 0.3 is 16.1 Å². The lowest BCUT2D eigenvalue weighted by atomic mass is 10.2. The Labute approximate surface area is 87.4 Å². The first-order valence-corrected chi connectivity index (χ1v) is 5.73. The van der Waals surface area contributed by atoms with Crippen molar-refractivity contribution in [3.63, 3.8) is 0 Å². The van der Waals surface area contributed by atoms with Crippen LogP contribution in [0, 0.1) is 0 Å². The molecule has 0 atom stereocenters. The van der Waals surface area contributed by atoms with Gasteiger partial charge in [-0.2, -0.15) is 8.42 Å². The average Bonchev–Trinajstić information content (AvgIpc) is 2.15. The molecule has 1 aromatic carbocycles. The summed E-state index contributed by atoms with van der Waals surface area (Å²) in [4.78, 5) is 11.1. The maximum absolute atomic E-state index is 11.1. The summed E-state index contributed by atoms with van der Waals surface area (Å²) in [7, 11) is -4.25. The Morgan fingerprint density at radius 1 is 1.27 bits per heavy atom. The molecule has 1 aromatic rings. The number of carbonyl (C=O) groups excluding carboxylic acids is 1. The van der Waals surface area contributed by atoms with E-state index < -0.39 is 22.0 Å². The molecule has 5 nitrogen and oxygen atoms in total. The average molecular weight is 230 g/mol. The molecule has 0 bridgehead atoms. The van der Waals surface area contributed by atoms with Crippen LogP contribution >= 0.6 is 0 Å². The topological polar surface area (TPSA) is 80.7 Å². The summed E-state index contributed by atoms with van der Waals surface area (Å²) in [6.45, 7) is 0. The number of ether oxygens (including phenoxy) is 1. The summed E-state index contributed by atoms with van der Waals surface area (Å²) in [6.07, 6.45) is -0.0175. The second-order valence-electron chi connectivity index (χ2n) is 2.88. The van der Waals surface area contributed by atoms with Crippen molar-refractivity contribution in [1.29, 1.82) is 0 Å². The maximum atomic E-state index is 11.1. The van der Waals surface area contributed by atoms with E-state index in [9.17, 15) is 13.2 Å². The Morgan fingerprint density at radius 3 is 2.40 bits per heavy atom. The van der Waals surface area contributed by atoms with E-state index in [0.29, 0.717) is 0 Å². The molecule has 15 heavy (non-hydrogen) atoms. The third-order valence-corrected chi connectivity index (χ3v) is 1.98. The molecule has 0 aliphatic rings. The van der Waals surface area contributed by atoms with Crippen molar-refractivity contribution in [3.8, 4) is 0 Å². The second kappa shape index (κ2) is 4.90. The van der Waals surface area contributed by atoms with Crippen LogP contribution in [0.1, 0.15) is 5.56 Å². The third kappa shape index (κ3) is 5.14. The van der Waals surface area contributed by atoms with Crippen LogP contribution in [0.4, 0.5) is 0 Å². The number of hydrogen-bond donors (Lipinski definition) is 1. The molecule has 0 heterocycles. The SMILES string of the molecule is O=C(Cc1ccccc1)OCS(=O)(=O)O. The Kier molecular flexibility index (Phi) is 3.81. The molecule has 0 radical (unpaired) electrons. The van der Waals surface area contributed by atoms with Crippen LogP contribution in [0.3, 0.4) is 0 Å². The van der Waals surface area contributed by atoms with E-state index in [4.69, 9.17) is 4.55 Å². The lowest BCUT2D eigenvalue weighted by molar-refractivity contribution is -0.140. The van der Waals surface area contributed by atoms with Gasteiger partial charge in [0.2, 0.25) is 5.94 Å². The monoisotopic (exact) mass is 230 g/mol. The molecule has 0 unspecified atom stereocenters. The standard InChI is InChI=1S/C9H10O5S/c10-9(14-7-15(11,12)13)6-8-4-2-1-3-5-8/h1-5H,6-7H2,(H,11,12,13). The highest BCUT2D eigenvalue weighted by molar-refractivity contribution is 7.85. The quantitative estimate of drug-likeness (QED) is 0.605. The Morgan fingerprint density at radius 2 is 1.87 bits per heavy atom. The fourth-order valence-corrected chi connectivity index (χ4v) is 1.23. The van der Waals surface area contributed by atoms with Crippen molar-refractivity contribution < 1.29 is 22.5 Å². The van der Waals surface area contributed by atoms with Gasteiger partial charge in [-0.25, -0.2) is 0 Å². The van der Waals surface area contributed by atoms with E-state index in [0.717, 1.165) is 5.56 Å². The number of hydrogen-bond acceptors (Lipinski definition) is 4. The minimum absolute atomic E-state index is 0.0175. The summed E-state index contributed by atoms with van der Waals surface area (Å²) in [5.74, 6) is -1.70. The molecule has 0 spiro atoms. The van der Waals surface area contributed by atoms with Gasteiger partial charge in [0.15, 0.2) is 0 Å². The molecule has 0 aliphatic heterocycles. The predicted octanol–water partition coefficient (Wildman–Crippen LogP) is 0.618. The minimum Gasteiger partial charge on any atom is -0.446 e. The van der Waals surface area contributed by atoms with Crippen molar-refractivity contribution in [2.75, 3.05) is 5.94 Å². The van der Waals surface area contributed by atoms with Crippen LogP contribution < -0.4 is 0 Å². The summed E-state index contributed by atoms with van der Waals surface area (Å²) >= 11 is 0. The second-order valence-corrected chi connectivity index (χ2v) is 4.28. The number of benzene rings is 1. The zero-order chi connectivity index (χ0) is 11.3. The molecule has 1 rings (SSSR count). The van der Waals surface area contributed by atoms with Crippen molar-refractivity contribution in [2.24, 2.45) is 0 Å². The first kappa shape index (κ1) is 11.7. The largest absolute Gasteiger partial charge is 0.446 e. The highest BCUT2D eigenvalue weighted by Crippen LogP contribution is 2.01. The number of carbonyl (C=O) groups is 1. The molecule has 82 valence electrons. The summed E-state index contributed by atoms with van der Waals surface area (Å²) < 4.78 is 33.2. The van der Waals surface area contributed by atoms with E-state index in [-0.39, 0.29) is 6.42 Å². The maximum Gasteiger partial charge on any atom is 0.311 e. The van der Waals surface area contributed by atoms with Crippen LogP contribution in [0.15, 0.2) is 30.3 Å². The van der Waals surface area contributed by atoms with Gasteiger partial charge in [-0.3, -0.25) is 9.35 Å². The van der Waals surface area contributed by atoms with Crippen molar-refractivity contribution in [3.05, 3.63) is 35.9 Å². The van der Waals surface area contributed by atoms with Gasteiger partial charge in [-0.15, -0.1) is 0 Å². The number of esters is 1. The van der Waals surface area contributed by atoms with E-state index in [1.807, 2.05) is 0 Å². The van der Waals surface area contributed by atoms with Gasteiger partial charge in [0, 0.05) is 0 Å². The lowest BCUT2D eigenvalue weighted by Gasteiger charge is -2.02. The van der Waals surface area contributed by atoms with Crippen LogP contribution in [-0.4, -0.2) is 24.9 Å². The van der Waals surface area contributed by atoms with E-state index in [1.165, 1.54) is 0 Å². The smallest absolute Gasteiger partial charge is 0.311 e. The Bertz CT molecular complexity index is 423. The van der Waals surface area contributed by atoms with E-state index in [1.54, 1.807) is 30.3 Å². The van der Waals surface area contributed by atoms with Crippen LogP contribution in [0.2, 0.25) is 0 Å². The predicted molar refractivity (Wildman–Crippen MR) is 52.7 cm³/mol. The van der Waals surface area contributed by atoms with Gasteiger partial charge in [-0.05, 0) is 5.56 Å². The third-order valence-electron chi connectivity index (χ3n) is 1.56. The summed E-state index contributed by atoms with van der Waals surface area (Å²) in [5.41, 5.74) is 0.720. The summed E-state index contributed by atoms with van der Waals surface area (Å²) in [6, 6.07) is 8.74. The zero-order valence-corrected chi connectivity index (χ0v) is 8.61. The fourth-order valence-electron chi connectivity index (χ4n) is 0.954. The van der Waals surface area contributed by atoms with Gasteiger partial charge in [-0.1, -0.05) is 30.3 Å². The van der Waals surface area contributed by atoms with Crippen molar-refractivity contribution >= 4 is 16.1 Å². The molecule has 0 fully saturated rings. The molecule has 0 saturated heterocycles. The molecule has 0 amide bonds. The van der Waals surface area contributed by atoms with Gasteiger partial charge < -0.3 is 4.74 Å². The summed E-state index contributed by atoms with van der Waals surface area (Å²) in [5, 5.41) is 0. The first-order chi connectivity index (χ1) is 6.97. The van der Waals surface area contributed by atoms with Crippen molar-refractivity contribution in [2.45, 2.75) is 6.42 Å². The van der Waals surface area contributed by atoms with Crippen LogP contribution in [-0.2, 0) is 26.1 Å². The molecular formula is C9H10O5S. The molecule has 0 aliphatic carbocycles. The fraction of sp³-hybridized carbons (Fsp3) is 0.222. The highest BCUT2D eigenvalue weighted by Gasteiger charge is 2.10. The molecular weight excluding hydrogens is 220 g/mol. The Hall–Kier alpha value is -1.40. The molecule has 0 aromatic heterocycles. The molecule has 1 N–H and O–H groups in total. The Balaban J connectivity index is 2.44. The molecule has 6 heteroatoms. The minimum atomic E-state index is -4.25. The van der Waals surface area contributed by atoms with Crippen molar-refractivity contribution in [1.82, 2.24) is 0 Å². The molecule has 0 saturated carbocycles. The lowest BCUT2D eigenvalue weighted by Crippen LogP contribution is -2.14. The van der Waals surface area contributed by atoms with Crippen LogP contribution in [0.25, 0.3) is 0 Å². The van der Waals surface area contributed by atoms with Gasteiger partial charge in [0.25, 0.3) is 0 Å². The zero-order valence-electron chi connectivity index (χ0n) is 7.79. The number of rotatable bonds is 4. The highest BCUT2D eigenvalue weighted by atomic mass is 32.2. The normalized spacial score (nSPS) is 11.0. The van der Waals surface area contributed by atoms with E-state index in [2.05, 4.69) is 4.74 Å². The first-order valence-electron chi connectivity index (χ1n) is 4.12.